The quantitative estimate of drug-likeness (QED) is 0.545. The van der Waals surface area contributed by atoms with Crippen LogP contribution < -0.4 is 0 Å². The lowest BCUT2D eigenvalue weighted by Crippen LogP contribution is -2.29. The van der Waals surface area contributed by atoms with Crippen molar-refractivity contribution in [2.24, 2.45) is 11.8 Å². The SMILES string of the molecule is COC(=O)CC(=O)[C@@H]1CCC[C@H](C(=O)OC)C1. The van der Waals surface area contributed by atoms with Crippen LogP contribution in [0.3, 0.4) is 0 Å². The predicted molar refractivity (Wildman–Crippen MR) is 59.1 cm³/mol. The zero-order chi connectivity index (χ0) is 12.8. The smallest absolute Gasteiger partial charge is 0.313 e. The third kappa shape index (κ3) is 3.84. The lowest BCUT2D eigenvalue weighted by Gasteiger charge is -2.26. The maximum absolute atomic E-state index is 11.8. The normalized spacial score (nSPS) is 23.9. The number of Topliss-reactive ketones (excluding diaryl/α,β-unsaturated/α-hetero) is 1. The highest BCUT2D eigenvalue weighted by Gasteiger charge is 2.32. The van der Waals surface area contributed by atoms with E-state index in [1.165, 1.54) is 14.2 Å². The van der Waals surface area contributed by atoms with Gasteiger partial charge in [-0.25, -0.2) is 0 Å². The standard InChI is InChI=1S/C12H18O5/c1-16-11(14)7-10(13)8-4-3-5-9(6-8)12(15)17-2/h8-9H,3-7H2,1-2H3/t8-,9+/m1/s1. The summed E-state index contributed by atoms with van der Waals surface area (Å²) in [5, 5.41) is 0. The van der Waals surface area contributed by atoms with Crippen molar-refractivity contribution in [1.82, 2.24) is 0 Å². The molecule has 0 N–H and O–H groups in total. The summed E-state index contributed by atoms with van der Waals surface area (Å²) in [6.45, 7) is 0. The molecule has 17 heavy (non-hydrogen) atoms. The first kappa shape index (κ1) is 13.7. The highest BCUT2D eigenvalue weighted by atomic mass is 16.5. The van der Waals surface area contributed by atoms with Crippen molar-refractivity contribution in [1.29, 1.82) is 0 Å². The Kier molecular flexibility index (Phi) is 5.12. The number of ether oxygens (including phenoxy) is 2. The molecule has 1 aliphatic carbocycles. The molecule has 0 bridgehead atoms. The molecular weight excluding hydrogens is 224 g/mol. The van der Waals surface area contributed by atoms with E-state index in [1.807, 2.05) is 0 Å². The molecule has 2 atom stereocenters. The molecule has 1 fully saturated rings. The molecular formula is C12H18O5. The first-order valence-electron chi connectivity index (χ1n) is 5.75. The summed E-state index contributed by atoms with van der Waals surface area (Å²) in [4.78, 5) is 34.2. The molecule has 5 heteroatoms. The van der Waals surface area contributed by atoms with E-state index in [2.05, 4.69) is 9.47 Å². The van der Waals surface area contributed by atoms with Crippen LogP contribution >= 0.6 is 0 Å². The summed E-state index contributed by atoms with van der Waals surface area (Å²) in [5.41, 5.74) is 0. The number of carbonyl (C=O) groups is 3. The Labute approximate surface area is 100 Å². The largest absolute Gasteiger partial charge is 0.469 e. The third-order valence-corrected chi connectivity index (χ3v) is 3.21. The van der Waals surface area contributed by atoms with Crippen LogP contribution in [0, 0.1) is 11.8 Å². The Balaban J connectivity index is 2.51. The Morgan fingerprint density at radius 3 is 2.29 bits per heavy atom. The number of ketones is 1. The Hall–Kier alpha value is -1.39. The average molecular weight is 242 g/mol. The summed E-state index contributed by atoms with van der Waals surface area (Å²) < 4.78 is 9.13. The summed E-state index contributed by atoms with van der Waals surface area (Å²) in [5.74, 6) is -1.34. The van der Waals surface area contributed by atoms with Gasteiger partial charge in [0.05, 0.1) is 20.1 Å². The molecule has 0 unspecified atom stereocenters. The van der Waals surface area contributed by atoms with Crippen molar-refractivity contribution >= 4 is 17.7 Å². The van der Waals surface area contributed by atoms with Crippen molar-refractivity contribution in [2.45, 2.75) is 32.1 Å². The molecule has 0 spiro atoms. The maximum atomic E-state index is 11.8. The second kappa shape index (κ2) is 6.37. The van der Waals surface area contributed by atoms with E-state index in [0.717, 1.165) is 19.3 Å². The summed E-state index contributed by atoms with van der Waals surface area (Å²) in [7, 11) is 2.61. The van der Waals surface area contributed by atoms with E-state index < -0.39 is 5.97 Å². The second-order valence-corrected chi connectivity index (χ2v) is 4.30. The summed E-state index contributed by atoms with van der Waals surface area (Å²) >= 11 is 0. The zero-order valence-electron chi connectivity index (χ0n) is 10.2. The van der Waals surface area contributed by atoms with E-state index in [4.69, 9.17) is 0 Å². The zero-order valence-corrected chi connectivity index (χ0v) is 10.2. The van der Waals surface area contributed by atoms with Crippen molar-refractivity contribution in [3.63, 3.8) is 0 Å². The van der Waals surface area contributed by atoms with Crippen molar-refractivity contribution in [3.05, 3.63) is 0 Å². The van der Waals surface area contributed by atoms with Gasteiger partial charge >= 0.3 is 11.9 Å². The van der Waals surface area contributed by atoms with E-state index in [9.17, 15) is 14.4 Å². The van der Waals surface area contributed by atoms with Gasteiger partial charge in [-0.05, 0) is 19.3 Å². The van der Waals surface area contributed by atoms with Gasteiger partial charge in [-0.2, -0.15) is 0 Å². The van der Waals surface area contributed by atoms with Gasteiger partial charge in [-0.15, -0.1) is 0 Å². The monoisotopic (exact) mass is 242 g/mol. The van der Waals surface area contributed by atoms with Crippen LogP contribution in [0.25, 0.3) is 0 Å². The fourth-order valence-electron chi connectivity index (χ4n) is 2.22. The van der Waals surface area contributed by atoms with Gasteiger partial charge in [-0.1, -0.05) is 6.42 Å². The number of esters is 2. The number of rotatable bonds is 4. The van der Waals surface area contributed by atoms with Crippen LogP contribution in [0.5, 0.6) is 0 Å². The first-order chi connectivity index (χ1) is 8.08. The fourth-order valence-corrected chi connectivity index (χ4v) is 2.22. The average Bonchev–Trinajstić information content (AvgIpc) is 2.37. The van der Waals surface area contributed by atoms with E-state index in [0.29, 0.717) is 6.42 Å². The lowest BCUT2D eigenvalue weighted by atomic mass is 9.79. The molecule has 0 aliphatic heterocycles. The van der Waals surface area contributed by atoms with Gasteiger partial charge in [0.1, 0.15) is 12.2 Å². The minimum atomic E-state index is -0.518. The highest BCUT2D eigenvalue weighted by Crippen LogP contribution is 2.31. The van der Waals surface area contributed by atoms with Gasteiger partial charge in [-0.3, -0.25) is 14.4 Å². The van der Waals surface area contributed by atoms with Crippen molar-refractivity contribution in [3.8, 4) is 0 Å². The minimum absolute atomic E-state index is 0.134. The molecule has 5 nitrogen and oxygen atoms in total. The van der Waals surface area contributed by atoms with Gasteiger partial charge < -0.3 is 9.47 Å². The van der Waals surface area contributed by atoms with Crippen molar-refractivity contribution < 1.29 is 23.9 Å². The molecule has 0 aromatic carbocycles. The first-order valence-corrected chi connectivity index (χ1v) is 5.75. The predicted octanol–water partition coefficient (Wildman–Crippen LogP) is 1.10. The molecule has 0 amide bonds. The van der Waals surface area contributed by atoms with E-state index >= 15 is 0 Å². The fraction of sp³-hybridized carbons (Fsp3) is 0.750. The summed E-state index contributed by atoms with van der Waals surface area (Å²) in [6.07, 6.45) is 2.60. The molecule has 1 aliphatic rings. The maximum Gasteiger partial charge on any atom is 0.313 e. The van der Waals surface area contributed by atoms with Crippen LogP contribution in [-0.4, -0.2) is 31.9 Å². The highest BCUT2D eigenvalue weighted by molar-refractivity contribution is 5.97. The number of methoxy groups -OCH3 is 2. The van der Waals surface area contributed by atoms with Crippen LogP contribution in [0.15, 0.2) is 0 Å². The van der Waals surface area contributed by atoms with Crippen LogP contribution in [0.1, 0.15) is 32.1 Å². The van der Waals surface area contributed by atoms with Gasteiger partial charge in [0.2, 0.25) is 0 Å². The molecule has 1 rings (SSSR count). The molecule has 0 heterocycles. The molecule has 0 saturated heterocycles. The molecule has 0 aromatic rings. The Morgan fingerprint density at radius 2 is 1.71 bits per heavy atom. The number of hydrogen-bond acceptors (Lipinski definition) is 5. The van der Waals surface area contributed by atoms with Crippen LogP contribution in [0.4, 0.5) is 0 Å². The van der Waals surface area contributed by atoms with Crippen LogP contribution in [-0.2, 0) is 23.9 Å². The molecule has 0 aromatic heterocycles. The molecule has 0 radical (unpaired) electrons. The second-order valence-electron chi connectivity index (χ2n) is 4.30. The van der Waals surface area contributed by atoms with Crippen molar-refractivity contribution in [2.75, 3.05) is 14.2 Å². The Bertz CT molecular complexity index is 310. The number of hydrogen-bond donors (Lipinski definition) is 0. The van der Waals surface area contributed by atoms with Gasteiger partial charge in [0.25, 0.3) is 0 Å². The minimum Gasteiger partial charge on any atom is -0.469 e. The number of carbonyl (C=O) groups excluding carboxylic acids is 3. The molecule has 1 saturated carbocycles. The van der Waals surface area contributed by atoms with E-state index in [-0.39, 0.29) is 30.0 Å². The third-order valence-electron chi connectivity index (χ3n) is 3.21. The summed E-state index contributed by atoms with van der Waals surface area (Å²) in [6, 6.07) is 0. The topological polar surface area (TPSA) is 69.7 Å². The van der Waals surface area contributed by atoms with Gasteiger partial charge in [0.15, 0.2) is 0 Å². The molecule has 96 valence electrons. The van der Waals surface area contributed by atoms with E-state index in [1.54, 1.807) is 0 Å². The Morgan fingerprint density at radius 1 is 1.06 bits per heavy atom. The lowest BCUT2D eigenvalue weighted by molar-refractivity contribution is -0.148. The van der Waals surface area contributed by atoms with Gasteiger partial charge in [0, 0.05) is 5.92 Å². The van der Waals surface area contributed by atoms with Crippen LogP contribution in [0.2, 0.25) is 0 Å².